The number of hydrogen-bond acceptors (Lipinski definition) is 8. The van der Waals surface area contributed by atoms with Gasteiger partial charge in [0, 0.05) is 13.6 Å². The van der Waals surface area contributed by atoms with Crippen LogP contribution in [0.2, 0.25) is 0 Å². The number of hydrogen-bond donors (Lipinski definition) is 6. The van der Waals surface area contributed by atoms with Crippen LogP contribution in [0.15, 0.2) is 36.4 Å². The lowest BCUT2D eigenvalue weighted by molar-refractivity contribution is -0.552. The molecule has 0 aromatic heterocycles. The second kappa shape index (κ2) is 12.1. The predicted molar refractivity (Wildman–Crippen MR) is 131 cm³/mol. The quantitative estimate of drug-likeness (QED) is 0.104. The third-order valence-electron chi connectivity index (χ3n) is 6.08. The number of benzene rings is 2. The Kier molecular flexibility index (Phi) is 8.97. The molecule has 0 aliphatic carbocycles. The fourth-order valence-electron chi connectivity index (χ4n) is 4.30. The number of likely N-dealkylation sites (tertiary alicyclic amines) is 1. The zero-order valence-electron chi connectivity index (χ0n) is 19.9. The van der Waals surface area contributed by atoms with Gasteiger partial charge in [-0.05, 0) is 55.1 Å². The van der Waals surface area contributed by atoms with Gasteiger partial charge in [-0.25, -0.2) is 10.1 Å². The van der Waals surface area contributed by atoms with Crippen LogP contribution in [0.5, 0.6) is 5.75 Å². The van der Waals surface area contributed by atoms with E-state index in [0.717, 1.165) is 10.8 Å². The van der Waals surface area contributed by atoms with Crippen molar-refractivity contribution in [3.8, 4) is 5.75 Å². The largest absolute Gasteiger partial charge is 0.507 e. The van der Waals surface area contributed by atoms with E-state index in [1.807, 2.05) is 17.6 Å². The molecular formula is C23H31N7O6. The molecule has 13 nitrogen and oxygen atoms in total. The van der Waals surface area contributed by atoms with Crippen molar-refractivity contribution in [2.75, 3.05) is 20.1 Å². The Balaban J connectivity index is 1.76. The number of phenols is 1. The Hall–Kier alpha value is -3.97. The number of carbonyl (C=O) groups excluding carboxylic acids is 3. The molecule has 13 heteroatoms. The van der Waals surface area contributed by atoms with Crippen LogP contribution in [-0.4, -0.2) is 71.3 Å². The summed E-state index contributed by atoms with van der Waals surface area (Å²) in [5, 5.41) is 29.6. The van der Waals surface area contributed by atoms with Gasteiger partial charge in [0.05, 0.1) is 5.56 Å². The number of nitrogens with one attached hydrogen (secondary N) is 4. The smallest absolute Gasteiger partial charge is 0.255 e. The van der Waals surface area contributed by atoms with Crippen LogP contribution in [0.3, 0.4) is 0 Å². The number of nitro groups is 1. The maximum atomic E-state index is 13.4. The van der Waals surface area contributed by atoms with Crippen molar-refractivity contribution >= 4 is 28.5 Å². The molecule has 0 radical (unpaired) electrons. The monoisotopic (exact) mass is 501 g/mol. The first-order chi connectivity index (χ1) is 17.2. The Morgan fingerprint density at radius 3 is 2.61 bits per heavy atom. The topological polar surface area (TPSA) is 192 Å². The molecule has 3 amide bonds. The molecule has 0 bridgehead atoms. The van der Waals surface area contributed by atoms with E-state index in [9.17, 15) is 29.6 Å². The molecule has 1 aliphatic heterocycles. The molecule has 1 saturated heterocycles. The van der Waals surface area contributed by atoms with Crippen LogP contribution < -0.4 is 27.1 Å². The van der Waals surface area contributed by atoms with Crippen LogP contribution in [0.1, 0.15) is 36.0 Å². The van der Waals surface area contributed by atoms with Crippen molar-refractivity contribution in [1.29, 1.82) is 0 Å². The third-order valence-corrected chi connectivity index (χ3v) is 6.08. The lowest BCUT2D eigenvalue weighted by atomic mass is 10.0. The predicted octanol–water partition coefficient (Wildman–Crippen LogP) is -0.226. The minimum atomic E-state index is -1.09. The SMILES string of the molecule is CNC(=O)C1CCCN1C(=O)C(CCCNC(N)N[N+](=O)[O-])NC(=O)c1cc2ccccc2cc1O. The second-order valence-corrected chi connectivity index (χ2v) is 8.51. The van der Waals surface area contributed by atoms with Gasteiger partial charge in [0.2, 0.25) is 11.8 Å². The molecular weight excluding hydrogens is 470 g/mol. The standard InChI is InChI=1S/C23H31N7O6/c1-25-21(33)18-9-5-11-29(18)22(34)17(8-4-10-26-23(24)28-30(35)36)27-20(32)16-12-14-6-2-3-7-15(14)13-19(16)31/h2-3,6-7,12-13,17-18,23,26,28,31H,4-5,8-11,24H2,1H3,(H,25,33)(H,27,32). The summed E-state index contributed by atoms with van der Waals surface area (Å²) in [4.78, 5) is 50.8. The molecule has 3 rings (SSSR count). The lowest BCUT2D eigenvalue weighted by Gasteiger charge is -2.28. The van der Waals surface area contributed by atoms with E-state index in [1.54, 1.807) is 18.2 Å². The van der Waals surface area contributed by atoms with Crippen molar-refractivity contribution in [1.82, 2.24) is 26.3 Å². The number of phenolic OH excluding ortho intramolecular Hbond substituents is 1. The Morgan fingerprint density at radius 1 is 1.25 bits per heavy atom. The fraction of sp³-hybridized carbons (Fsp3) is 0.435. The first-order valence-electron chi connectivity index (χ1n) is 11.7. The van der Waals surface area contributed by atoms with Crippen molar-refractivity contribution in [3.63, 3.8) is 0 Å². The highest BCUT2D eigenvalue weighted by atomic mass is 16.7. The van der Waals surface area contributed by atoms with Crippen LogP contribution >= 0.6 is 0 Å². The van der Waals surface area contributed by atoms with E-state index in [0.29, 0.717) is 25.8 Å². The fourth-order valence-corrected chi connectivity index (χ4v) is 4.30. The molecule has 1 aliphatic rings. The minimum Gasteiger partial charge on any atom is -0.507 e. The third kappa shape index (κ3) is 6.58. The van der Waals surface area contributed by atoms with E-state index < -0.39 is 35.2 Å². The van der Waals surface area contributed by atoms with E-state index in [2.05, 4.69) is 16.0 Å². The summed E-state index contributed by atoms with van der Waals surface area (Å²) in [5.74, 6) is -1.55. The second-order valence-electron chi connectivity index (χ2n) is 8.51. The van der Waals surface area contributed by atoms with E-state index in [4.69, 9.17) is 5.73 Å². The molecule has 1 fully saturated rings. The number of nitrogens with zero attached hydrogens (tertiary/aromatic N) is 2. The van der Waals surface area contributed by atoms with Gasteiger partial charge in [-0.1, -0.05) is 24.3 Å². The van der Waals surface area contributed by atoms with Crippen LogP contribution in [0, 0.1) is 10.1 Å². The van der Waals surface area contributed by atoms with Gasteiger partial charge in [-0.15, -0.1) is 5.43 Å². The summed E-state index contributed by atoms with van der Waals surface area (Å²) < 4.78 is 0. The number of rotatable bonds is 11. The van der Waals surface area contributed by atoms with Gasteiger partial charge in [0.25, 0.3) is 5.91 Å². The van der Waals surface area contributed by atoms with Crippen molar-refractivity contribution < 1.29 is 24.5 Å². The van der Waals surface area contributed by atoms with Gasteiger partial charge in [0.1, 0.15) is 17.8 Å². The molecule has 194 valence electrons. The van der Waals surface area contributed by atoms with Gasteiger partial charge in [0.15, 0.2) is 11.3 Å². The molecule has 0 spiro atoms. The van der Waals surface area contributed by atoms with E-state index in [-0.39, 0.29) is 30.2 Å². The van der Waals surface area contributed by atoms with Crippen molar-refractivity contribution in [3.05, 3.63) is 52.1 Å². The first kappa shape index (κ1) is 26.6. The minimum absolute atomic E-state index is 0.0195. The van der Waals surface area contributed by atoms with E-state index >= 15 is 0 Å². The summed E-state index contributed by atoms with van der Waals surface area (Å²) in [6.45, 7) is 0.599. The summed E-state index contributed by atoms with van der Waals surface area (Å²) in [6, 6.07) is 8.65. The van der Waals surface area contributed by atoms with Gasteiger partial charge in [-0.3, -0.25) is 25.4 Å². The average Bonchev–Trinajstić information content (AvgIpc) is 3.34. The lowest BCUT2D eigenvalue weighted by Crippen LogP contribution is -2.54. The number of hydrazine groups is 1. The zero-order chi connectivity index (χ0) is 26.2. The van der Waals surface area contributed by atoms with E-state index in [1.165, 1.54) is 18.0 Å². The molecule has 2 aromatic rings. The normalized spacial score (nSPS) is 16.8. The maximum Gasteiger partial charge on any atom is 0.255 e. The van der Waals surface area contributed by atoms with Crippen LogP contribution in [0.4, 0.5) is 0 Å². The summed E-state index contributed by atoms with van der Waals surface area (Å²) >= 11 is 0. The van der Waals surface area contributed by atoms with Gasteiger partial charge in [-0.2, -0.15) is 0 Å². The molecule has 0 saturated carbocycles. The molecule has 3 unspecified atom stereocenters. The van der Waals surface area contributed by atoms with Crippen molar-refractivity contribution in [2.24, 2.45) is 5.73 Å². The highest BCUT2D eigenvalue weighted by molar-refractivity contribution is 6.03. The molecule has 1 heterocycles. The number of nitrogens with two attached hydrogens (primary N) is 1. The Bertz CT molecular complexity index is 1130. The molecule has 2 aromatic carbocycles. The average molecular weight is 502 g/mol. The van der Waals surface area contributed by atoms with Crippen LogP contribution in [0.25, 0.3) is 10.8 Å². The summed E-state index contributed by atoms with van der Waals surface area (Å²) in [6.07, 6.45) is 0.592. The summed E-state index contributed by atoms with van der Waals surface area (Å²) in [5.41, 5.74) is 7.44. The van der Waals surface area contributed by atoms with Crippen LogP contribution in [-0.2, 0) is 9.59 Å². The maximum absolute atomic E-state index is 13.4. The highest BCUT2D eigenvalue weighted by Crippen LogP contribution is 2.25. The number of amides is 3. The molecule has 7 N–H and O–H groups in total. The molecule has 3 atom stereocenters. The number of likely N-dealkylation sites (N-methyl/N-ethyl adjacent to an activating group) is 1. The number of fused-ring (bicyclic) bond motifs is 1. The highest BCUT2D eigenvalue weighted by Gasteiger charge is 2.37. The Morgan fingerprint density at radius 2 is 1.94 bits per heavy atom. The number of carbonyl (C=O) groups is 3. The first-order valence-corrected chi connectivity index (χ1v) is 11.7. The molecule has 36 heavy (non-hydrogen) atoms. The Labute approximate surface area is 207 Å². The zero-order valence-corrected chi connectivity index (χ0v) is 19.9. The van der Waals surface area contributed by atoms with Gasteiger partial charge < -0.3 is 20.6 Å². The van der Waals surface area contributed by atoms with Crippen molar-refractivity contribution in [2.45, 2.75) is 44.1 Å². The summed E-state index contributed by atoms with van der Waals surface area (Å²) in [7, 11) is 1.50. The number of aromatic hydroxyl groups is 1. The van der Waals surface area contributed by atoms with Gasteiger partial charge >= 0.3 is 0 Å².